The molecule has 5 heterocycles. The Hall–Kier alpha value is -3.63. The van der Waals surface area contributed by atoms with Gasteiger partial charge in [-0.3, -0.25) is 5.10 Å². The first-order valence-electron chi connectivity index (χ1n) is 9.01. The van der Waals surface area contributed by atoms with Crippen LogP contribution in [0.5, 0.6) is 5.88 Å². The zero-order chi connectivity index (χ0) is 20.0. The molecule has 5 rings (SSSR count). The molecule has 0 saturated carbocycles. The maximum atomic E-state index is 15.0. The van der Waals surface area contributed by atoms with E-state index in [0.717, 1.165) is 12.6 Å². The third-order valence-corrected chi connectivity index (χ3v) is 5.02. The minimum atomic E-state index is -0.528. The van der Waals surface area contributed by atoms with Crippen LogP contribution in [0.3, 0.4) is 0 Å². The van der Waals surface area contributed by atoms with Crippen LogP contribution in [0.4, 0.5) is 14.6 Å². The van der Waals surface area contributed by atoms with Gasteiger partial charge in [0.2, 0.25) is 5.88 Å². The van der Waals surface area contributed by atoms with Crippen molar-refractivity contribution in [2.45, 2.75) is 18.9 Å². The number of nitrogens with one attached hydrogen (secondary N) is 1. The van der Waals surface area contributed by atoms with Gasteiger partial charge >= 0.3 is 0 Å². The van der Waals surface area contributed by atoms with Gasteiger partial charge in [0.25, 0.3) is 0 Å². The summed E-state index contributed by atoms with van der Waals surface area (Å²) in [5, 5.41) is 10.8. The highest BCUT2D eigenvalue weighted by molar-refractivity contribution is 5.73. The summed E-state index contributed by atoms with van der Waals surface area (Å²) in [5.74, 6) is -0.0389. The van der Waals surface area contributed by atoms with E-state index in [1.807, 2.05) is 4.90 Å². The monoisotopic (exact) mass is 398 g/mol. The van der Waals surface area contributed by atoms with Crippen molar-refractivity contribution in [1.82, 2.24) is 34.8 Å². The zero-order valence-corrected chi connectivity index (χ0v) is 15.4. The predicted octanol–water partition coefficient (Wildman–Crippen LogP) is 2.54. The topological polar surface area (TPSA) is 97.1 Å². The summed E-state index contributed by atoms with van der Waals surface area (Å²) in [7, 11) is 1.48. The second-order valence-electron chi connectivity index (χ2n) is 6.68. The van der Waals surface area contributed by atoms with E-state index in [2.05, 4.69) is 30.2 Å². The number of aromatic amines is 1. The predicted molar refractivity (Wildman–Crippen MR) is 98.4 cm³/mol. The molecule has 4 aromatic rings. The Labute approximate surface area is 163 Å². The molecule has 0 amide bonds. The fourth-order valence-corrected chi connectivity index (χ4v) is 3.78. The molecule has 1 aliphatic heterocycles. The fraction of sp³-hybridized carbons (Fsp3) is 0.278. The van der Waals surface area contributed by atoms with Crippen molar-refractivity contribution in [3.63, 3.8) is 0 Å². The number of hydrogen-bond acceptors (Lipinski definition) is 7. The molecule has 0 bridgehead atoms. The Morgan fingerprint density at radius 3 is 2.93 bits per heavy atom. The Kier molecular flexibility index (Phi) is 4.07. The molecule has 4 aromatic heterocycles. The minimum absolute atomic E-state index is 0.160. The van der Waals surface area contributed by atoms with E-state index in [1.165, 1.54) is 30.2 Å². The van der Waals surface area contributed by atoms with E-state index in [-0.39, 0.29) is 11.9 Å². The number of anilines is 1. The highest BCUT2D eigenvalue weighted by Crippen LogP contribution is 2.40. The first-order valence-corrected chi connectivity index (χ1v) is 9.01. The van der Waals surface area contributed by atoms with Crippen LogP contribution in [0.15, 0.2) is 31.0 Å². The van der Waals surface area contributed by atoms with Crippen LogP contribution in [0, 0.1) is 11.6 Å². The Morgan fingerprint density at radius 2 is 2.14 bits per heavy atom. The lowest BCUT2D eigenvalue weighted by Gasteiger charge is -2.27. The van der Waals surface area contributed by atoms with E-state index >= 15 is 0 Å². The highest BCUT2D eigenvalue weighted by Gasteiger charge is 2.32. The molecule has 29 heavy (non-hydrogen) atoms. The van der Waals surface area contributed by atoms with E-state index in [4.69, 9.17) is 4.74 Å². The van der Waals surface area contributed by atoms with Gasteiger partial charge in [0.05, 0.1) is 37.3 Å². The molecular formula is C18H16F2N8O. The number of fused-ring (bicyclic) bond motifs is 1. The van der Waals surface area contributed by atoms with Crippen LogP contribution in [0.2, 0.25) is 0 Å². The summed E-state index contributed by atoms with van der Waals surface area (Å²) in [6.07, 6.45) is 6.79. The van der Waals surface area contributed by atoms with Crippen LogP contribution in [0.25, 0.3) is 17.0 Å². The van der Waals surface area contributed by atoms with Crippen molar-refractivity contribution in [2.24, 2.45) is 0 Å². The molecule has 1 saturated heterocycles. The lowest BCUT2D eigenvalue weighted by molar-refractivity contribution is 0.385. The number of H-pyrrole nitrogens is 1. The summed E-state index contributed by atoms with van der Waals surface area (Å²) in [5.41, 5.74) is 1.60. The molecule has 0 aromatic carbocycles. The number of ether oxygens (including phenoxy) is 1. The third kappa shape index (κ3) is 2.85. The molecule has 0 spiro atoms. The molecule has 1 fully saturated rings. The largest absolute Gasteiger partial charge is 0.481 e. The molecule has 11 heteroatoms. The standard InChI is InChI=1S/C18H16F2N8O/c1-29-18-11(5-10(19)6-21-18)14-3-2-4-27(14)17-13(20)8-28-16(25-17)12(7-24-28)15-22-9-23-26-15/h5-9,14H,2-4H2,1H3,(H,22,23,26)/t14-/m1/s1. The number of pyridine rings is 1. The number of nitrogens with zero attached hydrogens (tertiary/aromatic N) is 7. The average molecular weight is 398 g/mol. The first-order chi connectivity index (χ1) is 14.2. The number of aromatic nitrogens is 7. The lowest BCUT2D eigenvalue weighted by Crippen LogP contribution is -2.25. The van der Waals surface area contributed by atoms with Gasteiger partial charge in [0.1, 0.15) is 12.1 Å². The summed E-state index contributed by atoms with van der Waals surface area (Å²) >= 11 is 0. The number of hydrogen-bond donors (Lipinski definition) is 1. The Balaban J connectivity index is 1.62. The normalized spacial score (nSPS) is 16.7. The summed E-state index contributed by atoms with van der Waals surface area (Å²) in [6, 6.07) is 1.07. The number of rotatable bonds is 4. The van der Waals surface area contributed by atoms with Crippen molar-refractivity contribution >= 4 is 11.5 Å². The van der Waals surface area contributed by atoms with Crippen molar-refractivity contribution in [3.8, 4) is 17.3 Å². The summed E-state index contributed by atoms with van der Waals surface area (Å²) < 4.78 is 35.5. The molecule has 1 N–H and O–H groups in total. The van der Waals surface area contributed by atoms with Crippen LogP contribution < -0.4 is 9.64 Å². The molecule has 1 atom stereocenters. The lowest BCUT2D eigenvalue weighted by atomic mass is 10.1. The van der Waals surface area contributed by atoms with E-state index in [0.29, 0.717) is 41.4 Å². The van der Waals surface area contributed by atoms with Crippen molar-refractivity contribution in [1.29, 1.82) is 0 Å². The third-order valence-electron chi connectivity index (χ3n) is 5.02. The van der Waals surface area contributed by atoms with Gasteiger partial charge in [-0.1, -0.05) is 0 Å². The smallest absolute Gasteiger partial charge is 0.218 e. The molecule has 0 unspecified atom stereocenters. The molecule has 9 nitrogen and oxygen atoms in total. The molecule has 148 valence electrons. The molecular weight excluding hydrogens is 382 g/mol. The Bertz CT molecular complexity index is 1180. The van der Waals surface area contributed by atoms with Crippen LogP contribution >= 0.6 is 0 Å². The average Bonchev–Trinajstić information content (AvgIpc) is 3.47. The van der Waals surface area contributed by atoms with E-state index in [9.17, 15) is 8.78 Å². The van der Waals surface area contributed by atoms with Crippen LogP contribution in [-0.2, 0) is 0 Å². The summed E-state index contributed by atoms with van der Waals surface area (Å²) in [4.78, 5) is 14.5. The van der Waals surface area contributed by atoms with Crippen LogP contribution in [0.1, 0.15) is 24.4 Å². The maximum Gasteiger partial charge on any atom is 0.218 e. The van der Waals surface area contributed by atoms with Crippen molar-refractivity contribution < 1.29 is 13.5 Å². The van der Waals surface area contributed by atoms with Gasteiger partial charge in [-0.25, -0.2) is 28.2 Å². The van der Waals surface area contributed by atoms with Crippen molar-refractivity contribution in [3.05, 3.63) is 48.2 Å². The quantitative estimate of drug-likeness (QED) is 0.564. The molecule has 0 radical (unpaired) electrons. The highest BCUT2D eigenvalue weighted by atomic mass is 19.1. The van der Waals surface area contributed by atoms with Gasteiger partial charge in [0, 0.05) is 12.1 Å². The summed E-state index contributed by atoms with van der Waals surface area (Å²) in [6.45, 7) is 0.566. The first kappa shape index (κ1) is 17.5. The Morgan fingerprint density at radius 1 is 1.24 bits per heavy atom. The number of halogens is 2. The van der Waals surface area contributed by atoms with Gasteiger partial charge in [0.15, 0.2) is 23.1 Å². The van der Waals surface area contributed by atoms with Gasteiger partial charge < -0.3 is 9.64 Å². The second kappa shape index (κ2) is 6.76. The van der Waals surface area contributed by atoms with Crippen LogP contribution in [-0.4, -0.2) is 48.4 Å². The van der Waals surface area contributed by atoms with Crippen molar-refractivity contribution in [2.75, 3.05) is 18.6 Å². The van der Waals surface area contributed by atoms with E-state index in [1.54, 1.807) is 6.20 Å². The zero-order valence-electron chi connectivity index (χ0n) is 15.4. The van der Waals surface area contributed by atoms with E-state index < -0.39 is 11.6 Å². The second-order valence-corrected chi connectivity index (χ2v) is 6.68. The number of methoxy groups -OCH3 is 1. The molecule has 1 aliphatic rings. The minimum Gasteiger partial charge on any atom is -0.481 e. The fourth-order valence-electron chi connectivity index (χ4n) is 3.78. The maximum absolute atomic E-state index is 15.0. The van der Waals surface area contributed by atoms with Gasteiger partial charge in [-0.15, -0.1) is 0 Å². The SMILES string of the molecule is COc1ncc(F)cc1[C@H]1CCCN1c1nc2c(-c3ncn[nH]3)cnn2cc1F. The van der Waals surface area contributed by atoms with Gasteiger partial charge in [-0.2, -0.15) is 10.2 Å². The van der Waals surface area contributed by atoms with Gasteiger partial charge in [-0.05, 0) is 18.9 Å². The molecule has 0 aliphatic carbocycles.